The molecule has 0 fully saturated rings. The summed E-state index contributed by atoms with van der Waals surface area (Å²) in [5.74, 6) is 1.39. The van der Waals surface area contributed by atoms with E-state index in [-0.39, 0.29) is 0 Å². The van der Waals surface area contributed by atoms with Crippen molar-refractivity contribution in [2.45, 2.75) is 19.4 Å². The molecule has 0 aliphatic carbocycles. The molecule has 3 aromatic carbocycles. The minimum atomic E-state index is 0.538. The van der Waals surface area contributed by atoms with Crippen LogP contribution in [0, 0.1) is 0 Å². The quantitative estimate of drug-likeness (QED) is 0.503. The lowest BCUT2D eigenvalue weighted by Crippen LogP contribution is -2.03. The van der Waals surface area contributed by atoms with Gasteiger partial charge < -0.3 is 15.0 Å². The van der Waals surface area contributed by atoms with E-state index in [1.807, 2.05) is 41.1 Å². The molecule has 4 aromatic rings. The largest absolute Gasteiger partial charge is 0.497 e. The lowest BCUT2D eigenvalue weighted by atomic mass is 10.0. The van der Waals surface area contributed by atoms with Crippen LogP contribution in [0.5, 0.6) is 5.75 Å². The van der Waals surface area contributed by atoms with Crippen LogP contribution in [0.15, 0.2) is 85.1 Å². The molecule has 0 amide bonds. The Morgan fingerprint density at radius 2 is 1.34 bits per heavy atom. The highest BCUT2D eigenvalue weighted by atomic mass is 16.5. The summed E-state index contributed by atoms with van der Waals surface area (Å²) in [6, 6.07) is 27.3. The summed E-state index contributed by atoms with van der Waals surface area (Å²) in [7, 11) is 1.67. The molecular weight excluding hydrogens is 358 g/mol. The van der Waals surface area contributed by atoms with E-state index in [1.165, 1.54) is 16.7 Å². The molecule has 4 rings (SSSR count). The number of methoxy groups -OCH3 is 1. The van der Waals surface area contributed by atoms with Crippen LogP contribution in [-0.4, -0.2) is 16.7 Å². The number of hydrogen-bond donors (Lipinski definition) is 1. The summed E-state index contributed by atoms with van der Waals surface area (Å²) >= 11 is 0. The Balaban J connectivity index is 1.41. The Labute approximate surface area is 171 Å². The first-order valence-corrected chi connectivity index (χ1v) is 9.76. The number of nitrogens with zero attached hydrogens (tertiary/aromatic N) is 2. The molecule has 0 bridgehead atoms. The van der Waals surface area contributed by atoms with Gasteiger partial charge >= 0.3 is 0 Å². The third-order valence-corrected chi connectivity index (χ3v) is 5.03. The first-order chi connectivity index (χ1) is 14.2. The number of nitrogens with two attached hydrogens (primary N) is 1. The summed E-state index contributed by atoms with van der Waals surface area (Å²) in [6.07, 6.45) is 3.76. The Bertz CT molecular complexity index is 1050. The number of nitrogen functional groups attached to an aromatic ring is 1. The highest BCUT2D eigenvalue weighted by Crippen LogP contribution is 2.17. The molecule has 0 aliphatic rings. The fourth-order valence-corrected chi connectivity index (χ4v) is 3.44. The van der Waals surface area contributed by atoms with Gasteiger partial charge in [0.05, 0.1) is 19.3 Å². The van der Waals surface area contributed by atoms with E-state index >= 15 is 0 Å². The molecule has 146 valence electrons. The highest BCUT2D eigenvalue weighted by molar-refractivity contribution is 5.33. The van der Waals surface area contributed by atoms with Gasteiger partial charge in [-0.15, -0.1) is 0 Å². The van der Waals surface area contributed by atoms with Gasteiger partial charge in [-0.25, -0.2) is 4.98 Å². The van der Waals surface area contributed by atoms with Gasteiger partial charge in [0.1, 0.15) is 5.75 Å². The Morgan fingerprint density at radius 1 is 0.759 bits per heavy atom. The highest BCUT2D eigenvalue weighted by Gasteiger charge is 2.07. The predicted octanol–water partition coefficient (Wildman–Crippen LogP) is 4.70. The van der Waals surface area contributed by atoms with Crippen LogP contribution in [0.25, 0.3) is 0 Å². The smallest absolute Gasteiger partial charge is 0.200 e. The molecule has 1 aromatic heterocycles. The van der Waals surface area contributed by atoms with Crippen molar-refractivity contribution in [2.24, 2.45) is 0 Å². The van der Waals surface area contributed by atoms with Crippen LogP contribution in [0.2, 0.25) is 0 Å². The maximum absolute atomic E-state index is 6.14. The van der Waals surface area contributed by atoms with Gasteiger partial charge in [0, 0.05) is 12.6 Å². The van der Waals surface area contributed by atoms with E-state index in [4.69, 9.17) is 10.5 Å². The Hall–Kier alpha value is -3.53. The average molecular weight is 383 g/mol. The predicted molar refractivity (Wildman–Crippen MR) is 117 cm³/mol. The minimum absolute atomic E-state index is 0.538. The van der Waals surface area contributed by atoms with E-state index in [1.54, 1.807) is 7.11 Å². The first kappa shape index (κ1) is 18.8. The van der Waals surface area contributed by atoms with Crippen molar-refractivity contribution in [3.8, 4) is 5.75 Å². The number of rotatable bonds is 7. The number of imidazole rings is 1. The van der Waals surface area contributed by atoms with Crippen LogP contribution in [-0.2, 0) is 19.4 Å². The van der Waals surface area contributed by atoms with Crippen LogP contribution in [0.4, 0.5) is 5.95 Å². The molecule has 0 radical (unpaired) electrons. The maximum Gasteiger partial charge on any atom is 0.200 e. The number of benzene rings is 3. The van der Waals surface area contributed by atoms with Crippen LogP contribution in [0.1, 0.15) is 27.9 Å². The Morgan fingerprint density at radius 3 is 2.00 bits per heavy atom. The average Bonchev–Trinajstić information content (AvgIpc) is 3.09. The molecule has 0 saturated heterocycles. The monoisotopic (exact) mass is 383 g/mol. The summed E-state index contributed by atoms with van der Waals surface area (Å²) in [6.45, 7) is 0.693. The summed E-state index contributed by atoms with van der Waals surface area (Å²) in [5, 5.41) is 0. The van der Waals surface area contributed by atoms with Crippen molar-refractivity contribution in [2.75, 3.05) is 12.8 Å². The zero-order chi connectivity index (χ0) is 20.1. The molecule has 0 atom stereocenters. The number of hydrogen-bond acceptors (Lipinski definition) is 3. The molecule has 2 N–H and O–H groups in total. The standard InChI is InChI=1S/C25H25N3O/c1-29-24-13-11-22(12-14-24)17-28-18-23(27-25(28)26)16-21-9-7-20(8-10-21)15-19-5-3-2-4-6-19/h2-14,18H,15-17H2,1H3,(H2,26,27). The minimum Gasteiger partial charge on any atom is -0.497 e. The third-order valence-electron chi connectivity index (χ3n) is 5.03. The second-order valence-corrected chi connectivity index (χ2v) is 7.22. The number of aromatic nitrogens is 2. The first-order valence-electron chi connectivity index (χ1n) is 9.76. The number of anilines is 1. The van der Waals surface area contributed by atoms with Gasteiger partial charge in [-0.1, -0.05) is 66.7 Å². The van der Waals surface area contributed by atoms with E-state index in [0.717, 1.165) is 29.8 Å². The summed E-state index contributed by atoms with van der Waals surface area (Å²) in [5.41, 5.74) is 12.1. The zero-order valence-electron chi connectivity index (χ0n) is 16.6. The van der Waals surface area contributed by atoms with Crippen molar-refractivity contribution in [3.05, 3.63) is 113 Å². The van der Waals surface area contributed by atoms with Crippen molar-refractivity contribution in [3.63, 3.8) is 0 Å². The van der Waals surface area contributed by atoms with Gasteiger partial charge in [-0.3, -0.25) is 0 Å². The zero-order valence-corrected chi connectivity index (χ0v) is 16.6. The molecular formula is C25H25N3O. The van der Waals surface area contributed by atoms with Crippen LogP contribution in [0.3, 0.4) is 0 Å². The second kappa shape index (κ2) is 8.65. The van der Waals surface area contributed by atoms with E-state index < -0.39 is 0 Å². The fraction of sp³-hybridized carbons (Fsp3) is 0.160. The molecule has 4 heteroatoms. The molecule has 0 aliphatic heterocycles. The van der Waals surface area contributed by atoms with Crippen molar-refractivity contribution < 1.29 is 4.74 Å². The normalized spacial score (nSPS) is 10.8. The van der Waals surface area contributed by atoms with Gasteiger partial charge in [0.25, 0.3) is 0 Å². The summed E-state index contributed by atoms with van der Waals surface area (Å²) < 4.78 is 7.20. The van der Waals surface area contributed by atoms with E-state index in [9.17, 15) is 0 Å². The molecule has 1 heterocycles. The van der Waals surface area contributed by atoms with Crippen molar-refractivity contribution in [1.29, 1.82) is 0 Å². The Kier molecular flexibility index (Phi) is 5.61. The second-order valence-electron chi connectivity index (χ2n) is 7.22. The molecule has 0 unspecified atom stereocenters. The molecule has 0 saturated carbocycles. The summed E-state index contributed by atoms with van der Waals surface area (Å²) in [4.78, 5) is 4.54. The van der Waals surface area contributed by atoms with Gasteiger partial charge in [0.15, 0.2) is 0 Å². The van der Waals surface area contributed by atoms with Crippen LogP contribution < -0.4 is 10.5 Å². The van der Waals surface area contributed by atoms with Gasteiger partial charge in [0.2, 0.25) is 5.95 Å². The van der Waals surface area contributed by atoms with Crippen LogP contribution >= 0.6 is 0 Å². The van der Waals surface area contributed by atoms with Gasteiger partial charge in [-0.2, -0.15) is 0 Å². The van der Waals surface area contributed by atoms with E-state index in [0.29, 0.717) is 12.5 Å². The van der Waals surface area contributed by atoms with Crippen molar-refractivity contribution >= 4 is 5.95 Å². The molecule has 0 spiro atoms. The SMILES string of the molecule is COc1ccc(Cn2cc(Cc3ccc(Cc4ccccc4)cc3)nc2N)cc1. The lowest BCUT2D eigenvalue weighted by Gasteiger charge is -2.06. The number of ether oxygens (including phenoxy) is 1. The lowest BCUT2D eigenvalue weighted by molar-refractivity contribution is 0.414. The third kappa shape index (κ3) is 4.85. The maximum atomic E-state index is 6.14. The van der Waals surface area contributed by atoms with Crippen molar-refractivity contribution in [1.82, 2.24) is 9.55 Å². The molecule has 4 nitrogen and oxygen atoms in total. The topological polar surface area (TPSA) is 53.1 Å². The molecule has 29 heavy (non-hydrogen) atoms. The fourth-order valence-electron chi connectivity index (χ4n) is 3.44. The van der Waals surface area contributed by atoms with E-state index in [2.05, 4.69) is 53.5 Å². The van der Waals surface area contributed by atoms with Gasteiger partial charge in [-0.05, 0) is 40.8 Å².